The minimum atomic E-state index is -1.51. The lowest BCUT2D eigenvalue weighted by atomic mass is 9.97. The van der Waals surface area contributed by atoms with Gasteiger partial charge in [-0.15, -0.1) is 0 Å². The predicted molar refractivity (Wildman–Crippen MR) is 78.4 cm³/mol. The summed E-state index contributed by atoms with van der Waals surface area (Å²) < 4.78 is 5.62. The maximum atomic E-state index is 11.8. The molecule has 0 aliphatic carbocycles. The van der Waals surface area contributed by atoms with Crippen LogP contribution in [0.2, 0.25) is 0 Å². The van der Waals surface area contributed by atoms with Gasteiger partial charge in [-0.25, -0.2) is 0 Å². The largest absolute Gasteiger partial charge is 0.466 e. The number of hydrogen-bond acceptors (Lipinski definition) is 4. The molecule has 108 valence electrons. The number of benzene rings is 2. The number of carbonyl (C=O) groups excluding carboxylic acids is 1. The van der Waals surface area contributed by atoms with Crippen molar-refractivity contribution in [2.24, 2.45) is 0 Å². The normalized spacial score (nSPS) is 13.2. The lowest BCUT2D eigenvalue weighted by Crippen LogP contribution is -2.36. The van der Waals surface area contributed by atoms with Crippen LogP contribution in [0, 0.1) is 10.1 Å². The van der Waals surface area contributed by atoms with Gasteiger partial charge in [-0.1, -0.05) is 42.5 Å². The Kier molecular flexibility index (Phi) is 4.23. The third kappa shape index (κ3) is 3.03. The summed E-state index contributed by atoms with van der Waals surface area (Å²) >= 11 is 5.67. The van der Waals surface area contributed by atoms with Gasteiger partial charge in [-0.05, 0) is 24.6 Å². The van der Waals surface area contributed by atoms with Gasteiger partial charge in [0.15, 0.2) is 5.75 Å². The van der Waals surface area contributed by atoms with Crippen molar-refractivity contribution in [3.63, 3.8) is 0 Å². The monoisotopic (exact) mass is 305 g/mol. The number of nitrogens with zero attached hydrogens (tertiary/aromatic N) is 1. The molecule has 0 amide bonds. The maximum absolute atomic E-state index is 11.8. The highest BCUT2D eigenvalue weighted by Gasteiger charge is 2.38. The Morgan fingerprint density at radius 2 is 1.71 bits per heavy atom. The third-order valence-corrected chi connectivity index (χ3v) is 3.44. The van der Waals surface area contributed by atoms with E-state index >= 15 is 0 Å². The Hall–Kier alpha value is -2.40. The molecule has 0 N–H and O–H groups in total. The van der Waals surface area contributed by atoms with E-state index in [0.29, 0.717) is 5.56 Å². The topological polar surface area (TPSA) is 69.4 Å². The molecule has 2 aromatic carbocycles. The van der Waals surface area contributed by atoms with Gasteiger partial charge in [-0.2, -0.15) is 0 Å². The zero-order chi connectivity index (χ0) is 15.5. The Labute approximate surface area is 126 Å². The van der Waals surface area contributed by atoms with Crippen molar-refractivity contribution in [3.8, 4) is 5.75 Å². The molecule has 6 heteroatoms. The van der Waals surface area contributed by atoms with Crippen LogP contribution in [0.15, 0.2) is 54.6 Å². The number of nitro groups is 1. The van der Waals surface area contributed by atoms with Gasteiger partial charge in [-0.3, -0.25) is 14.9 Å². The van der Waals surface area contributed by atoms with E-state index in [0.717, 1.165) is 0 Å². The van der Waals surface area contributed by atoms with E-state index in [1.54, 1.807) is 36.4 Å². The fourth-order valence-electron chi connectivity index (χ4n) is 1.88. The van der Waals surface area contributed by atoms with Crippen LogP contribution >= 0.6 is 11.6 Å². The first kappa shape index (κ1) is 15.0. The summed E-state index contributed by atoms with van der Waals surface area (Å²) in [4.78, 5) is 22.3. The lowest BCUT2D eigenvalue weighted by molar-refractivity contribution is -0.386. The van der Waals surface area contributed by atoms with E-state index in [1.165, 1.54) is 25.1 Å². The Bertz CT molecular complexity index is 674. The summed E-state index contributed by atoms with van der Waals surface area (Å²) in [5.41, 5.74) is -1.21. The smallest absolute Gasteiger partial charge is 0.310 e. The number of halogens is 1. The number of hydrogen-bond donors (Lipinski definition) is 0. The second-order valence-corrected chi connectivity index (χ2v) is 4.84. The van der Waals surface area contributed by atoms with Crippen LogP contribution in [0.3, 0.4) is 0 Å². The van der Waals surface area contributed by atoms with Crippen molar-refractivity contribution in [1.82, 2.24) is 0 Å². The van der Waals surface area contributed by atoms with Crippen LogP contribution < -0.4 is 4.74 Å². The van der Waals surface area contributed by atoms with E-state index in [4.69, 9.17) is 16.3 Å². The van der Waals surface area contributed by atoms with Crippen LogP contribution in [0.25, 0.3) is 0 Å². The minimum Gasteiger partial charge on any atom is -0.466 e. The average molecular weight is 306 g/mol. The molecular weight excluding hydrogens is 294 g/mol. The molecule has 0 aliphatic heterocycles. The fourth-order valence-corrected chi connectivity index (χ4v) is 2.03. The van der Waals surface area contributed by atoms with Gasteiger partial charge in [0, 0.05) is 11.6 Å². The minimum absolute atomic E-state index is 0.0112. The number of rotatable bonds is 5. The second kappa shape index (κ2) is 5.93. The Morgan fingerprint density at radius 1 is 1.14 bits per heavy atom. The maximum Gasteiger partial charge on any atom is 0.310 e. The van der Waals surface area contributed by atoms with Crippen LogP contribution in [-0.4, -0.2) is 10.2 Å². The quantitative estimate of drug-likeness (QED) is 0.480. The molecule has 0 spiro atoms. The standard InChI is InChI=1S/C15H12ClNO4/c1-15(14(16)18,11-7-3-2-4-8-11)21-13-10-6-5-9-12(13)17(19)20/h2-10H,1H3. The molecule has 2 aromatic rings. The van der Waals surface area contributed by atoms with Crippen LogP contribution in [0.1, 0.15) is 12.5 Å². The van der Waals surface area contributed by atoms with Crippen LogP contribution in [0.5, 0.6) is 5.75 Å². The van der Waals surface area contributed by atoms with Crippen molar-refractivity contribution in [1.29, 1.82) is 0 Å². The van der Waals surface area contributed by atoms with Crippen molar-refractivity contribution < 1.29 is 14.5 Å². The Balaban J connectivity index is 2.48. The number of ether oxygens (including phenoxy) is 1. The predicted octanol–water partition coefficient (Wildman–Crippen LogP) is 3.65. The molecule has 1 atom stereocenters. The van der Waals surface area contributed by atoms with Gasteiger partial charge in [0.05, 0.1) is 4.92 Å². The first-order valence-electron chi connectivity index (χ1n) is 6.13. The number of nitro benzene ring substituents is 1. The second-order valence-electron chi connectivity index (χ2n) is 4.50. The summed E-state index contributed by atoms with van der Waals surface area (Å²) in [5, 5.41) is 10.3. The van der Waals surface area contributed by atoms with Gasteiger partial charge < -0.3 is 4.74 Å². The molecule has 0 aromatic heterocycles. The zero-order valence-electron chi connectivity index (χ0n) is 11.2. The summed E-state index contributed by atoms with van der Waals surface area (Å²) in [7, 11) is 0. The highest BCUT2D eigenvalue weighted by molar-refractivity contribution is 6.65. The Morgan fingerprint density at radius 3 is 2.29 bits per heavy atom. The van der Waals surface area contributed by atoms with Gasteiger partial charge in [0.2, 0.25) is 5.60 Å². The van der Waals surface area contributed by atoms with Gasteiger partial charge in [0.25, 0.3) is 5.24 Å². The van der Waals surface area contributed by atoms with E-state index in [9.17, 15) is 14.9 Å². The van der Waals surface area contributed by atoms with E-state index in [-0.39, 0.29) is 11.4 Å². The molecule has 0 aliphatic rings. The highest BCUT2D eigenvalue weighted by Crippen LogP contribution is 2.35. The highest BCUT2D eigenvalue weighted by atomic mass is 35.5. The molecule has 21 heavy (non-hydrogen) atoms. The molecule has 0 bridgehead atoms. The molecule has 0 saturated heterocycles. The summed E-state index contributed by atoms with van der Waals surface area (Å²) in [6.07, 6.45) is 0. The third-order valence-electron chi connectivity index (χ3n) is 3.08. The van der Waals surface area contributed by atoms with Gasteiger partial charge >= 0.3 is 5.69 Å². The number of para-hydroxylation sites is 2. The zero-order valence-corrected chi connectivity index (χ0v) is 11.9. The molecule has 0 heterocycles. The van der Waals surface area contributed by atoms with Gasteiger partial charge in [0.1, 0.15) is 0 Å². The van der Waals surface area contributed by atoms with Crippen molar-refractivity contribution in [2.75, 3.05) is 0 Å². The van der Waals surface area contributed by atoms with E-state index < -0.39 is 15.8 Å². The van der Waals surface area contributed by atoms with Crippen molar-refractivity contribution in [3.05, 3.63) is 70.3 Å². The van der Waals surface area contributed by atoms with Crippen LogP contribution in [0.4, 0.5) is 5.69 Å². The molecule has 1 unspecified atom stereocenters. The first-order chi connectivity index (χ1) is 9.95. The van der Waals surface area contributed by atoms with E-state index in [1.807, 2.05) is 0 Å². The summed E-state index contributed by atoms with van der Waals surface area (Å²) in [6.45, 7) is 1.48. The lowest BCUT2D eigenvalue weighted by Gasteiger charge is -2.27. The average Bonchev–Trinajstić information content (AvgIpc) is 2.48. The number of carbonyl (C=O) groups is 1. The van der Waals surface area contributed by atoms with E-state index in [2.05, 4.69) is 0 Å². The summed E-state index contributed by atoms with van der Waals surface area (Å²) in [6, 6.07) is 14.4. The molecule has 0 radical (unpaired) electrons. The molecule has 2 rings (SSSR count). The van der Waals surface area contributed by atoms with Crippen molar-refractivity contribution >= 4 is 22.5 Å². The molecule has 5 nitrogen and oxygen atoms in total. The molecular formula is C15H12ClNO4. The SMILES string of the molecule is CC(Oc1ccccc1[N+](=O)[O-])(C(=O)Cl)c1ccccc1. The fraction of sp³-hybridized carbons (Fsp3) is 0.133. The first-order valence-corrected chi connectivity index (χ1v) is 6.51. The summed E-state index contributed by atoms with van der Waals surface area (Å²) in [5.74, 6) is -0.0112. The van der Waals surface area contributed by atoms with Crippen LogP contribution in [-0.2, 0) is 10.4 Å². The molecule has 0 saturated carbocycles. The van der Waals surface area contributed by atoms with Crippen molar-refractivity contribution in [2.45, 2.75) is 12.5 Å². The molecule has 0 fully saturated rings.